The second-order valence-corrected chi connectivity index (χ2v) is 9.24. The van der Waals surface area contributed by atoms with E-state index in [1.807, 2.05) is 0 Å². The molecular weight excluding hydrogens is 420 g/mol. The van der Waals surface area contributed by atoms with Gasteiger partial charge < -0.3 is 9.47 Å². The smallest absolute Gasteiger partial charge is 0.161 e. The van der Waals surface area contributed by atoms with Gasteiger partial charge in [0, 0.05) is 32.7 Å². The Hall–Kier alpha value is -3.08. The Morgan fingerprint density at radius 1 is 0.735 bits per heavy atom. The van der Waals surface area contributed by atoms with Gasteiger partial charge in [-0.05, 0) is 47.2 Å². The van der Waals surface area contributed by atoms with E-state index in [-0.39, 0.29) is 0 Å². The molecule has 0 saturated carbocycles. The van der Waals surface area contributed by atoms with Crippen molar-refractivity contribution in [1.82, 2.24) is 9.80 Å². The van der Waals surface area contributed by atoms with Gasteiger partial charge in [-0.25, -0.2) is 0 Å². The van der Waals surface area contributed by atoms with Gasteiger partial charge in [-0.15, -0.1) is 0 Å². The molecule has 1 aliphatic heterocycles. The van der Waals surface area contributed by atoms with Crippen LogP contribution >= 0.6 is 0 Å². The van der Waals surface area contributed by atoms with Crippen LogP contribution in [0.25, 0.3) is 6.08 Å². The number of methoxy groups -OCH3 is 2. The van der Waals surface area contributed by atoms with E-state index in [2.05, 4.69) is 88.7 Å². The van der Waals surface area contributed by atoms with Gasteiger partial charge in [0.1, 0.15) is 0 Å². The third-order valence-corrected chi connectivity index (χ3v) is 7.15. The minimum Gasteiger partial charge on any atom is -0.493 e. The van der Waals surface area contributed by atoms with Crippen molar-refractivity contribution in [2.24, 2.45) is 0 Å². The molecule has 0 atom stereocenters. The van der Waals surface area contributed by atoms with Crippen LogP contribution in [0.15, 0.2) is 78.4 Å². The Kier molecular flexibility index (Phi) is 6.98. The van der Waals surface area contributed by atoms with Crippen LogP contribution in [-0.2, 0) is 6.42 Å². The summed E-state index contributed by atoms with van der Waals surface area (Å²) in [5, 5.41) is 0. The maximum atomic E-state index is 5.52. The molecule has 176 valence electrons. The molecule has 1 aliphatic carbocycles. The van der Waals surface area contributed by atoms with Crippen LogP contribution in [0.4, 0.5) is 0 Å². The van der Waals surface area contributed by atoms with E-state index in [1.165, 1.54) is 27.8 Å². The minimum absolute atomic E-state index is 0.313. The minimum atomic E-state index is 0.313. The lowest BCUT2D eigenvalue weighted by Gasteiger charge is -2.40. The van der Waals surface area contributed by atoms with E-state index < -0.39 is 0 Å². The summed E-state index contributed by atoms with van der Waals surface area (Å²) >= 11 is 0. The van der Waals surface area contributed by atoms with Gasteiger partial charge in [0.05, 0.1) is 20.3 Å². The second kappa shape index (κ2) is 10.5. The molecule has 1 heterocycles. The number of rotatable bonds is 7. The van der Waals surface area contributed by atoms with E-state index >= 15 is 0 Å². The molecule has 0 radical (unpaired) electrons. The molecule has 2 aliphatic rings. The molecule has 4 heteroatoms. The largest absolute Gasteiger partial charge is 0.493 e. The molecule has 3 aromatic rings. The van der Waals surface area contributed by atoms with Crippen molar-refractivity contribution in [1.29, 1.82) is 0 Å². The summed E-state index contributed by atoms with van der Waals surface area (Å²) in [5.41, 5.74) is 6.87. The maximum Gasteiger partial charge on any atom is 0.161 e. The number of nitrogens with zero attached hydrogens (tertiary/aromatic N) is 2. The molecule has 0 N–H and O–H groups in total. The van der Waals surface area contributed by atoms with Crippen LogP contribution in [0, 0.1) is 0 Å². The topological polar surface area (TPSA) is 24.9 Å². The van der Waals surface area contributed by atoms with Crippen molar-refractivity contribution in [3.8, 4) is 11.5 Å². The Balaban J connectivity index is 1.27. The van der Waals surface area contributed by atoms with Gasteiger partial charge in [0.15, 0.2) is 11.5 Å². The molecule has 4 nitrogen and oxygen atoms in total. The summed E-state index contributed by atoms with van der Waals surface area (Å²) < 4.78 is 11.0. The van der Waals surface area contributed by atoms with Crippen molar-refractivity contribution >= 4 is 6.08 Å². The standard InChI is InChI=1S/C30H34N2O2/c1-33-28-20-26-14-13-23(19-27(26)21-29(28)34-2)22-31-15-17-32(18-16-31)30(24-9-5-3-6-10-24)25-11-7-4-8-12-25/h3-12,19-21,30H,13-18,22H2,1-2H3. The first-order valence-corrected chi connectivity index (χ1v) is 12.3. The monoisotopic (exact) mass is 454 g/mol. The summed E-state index contributed by atoms with van der Waals surface area (Å²) in [6, 6.07) is 26.4. The van der Waals surface area contributed by atoms with Crippen molar-refractivity contribution in [3.63, 3.8) is 0 Å². The molecule has 0 unspecified atom stereocenters. The van der Waals surface area contributed by atoms with Crippen LogP contribution < -0.4 is 9.47 Å². The van der Waals surface area contributed by atoms with Gasteiger partial charge in [-0.3, -0.25) is 9.80 Å². The Morgan fingerprint density at radius 3 is 1.91 bits per heavy atom. The Bertz CT molecular complexity index is 1080. The Labute approximate surface area is 203 Å². The number of benzene rings is 3. The van der Waals surface area contributed by atoms with E-state index in [9.17, 15) is 0 Å². The molecule has 0 amide bonds. The normalized spacial score (nSPS) is 16.7. The molecule has 0 bridgehead atoms. The average molecular weight is 455 g/mol. The van der Waals surface area contributed by atoms with Gasteiger partial charge >= 0.3 is 0 Å². The highest BCUT2D eigenvalue weighted by atomic mass is 16.5. The molecule has 3 aromatic carbocycles. The van der Waals surface area contributed by atoms with Gasteiger partial charge in [0.2, 0.25) is 0 Å². The highest BCUT2D eigenvalue weighted by Gasteiger charge is 2.27. The average Bonchev–Trinajstić information content (AvgIpc) is 2.90. The number of piperazine rings is 1. The SMILES string of the molecule is COc1cc2c(cc1OC)CCC(CN1CCN(C(c3ccccc3)c3ccccc3)CC1)=C2. The van der Waals surface area contributed by atoms with E-state index in [4.69, 9.17) is 9.47 Å². The molecule has 0 aromatic heterocycles. The lowest BCUT2D eigenvalue weighted by Crippen LogP contribution is -2.48. The van der Waals surface area contributed by atoms with Crippen molar-refractivity contribution in [3.05, 3.63) is 101 Å². The lowest BCUT2D eigenvalue weighted by atomic mass is 9.91. The fraction of sp³-hybridized carbons (Fsp3) is 0.333. The van der Waals surface area contributed by atoms with Crippen LogP contribution in [0.3, 0.4) is 0 Å². The van der Waals surface area contributed by atoms with Gasteiger partial charge in [-0.2, -0.15) is 0 Å². The van der Waals surface area contributed by atoms with Crippen molar-refractivity contribution in [2.75, 3.05) is 46.9 Å². The van der Waals surface area contributed by atoms with E-state index in [0.717, 1.165) is 57.1 Å². The molecule has 34 heavy (non-hydrogen) atoms. The first kappa shape index (κ1) is 22.7. The number of fused-ring (bicyclic) bond motifs is 1. The lowest BCUT2D eigenvalue weighted by molar-refractivity contribution is 0.115. The highest BCUT2D eigenvalue weighted by Crippen LogP contribution is 2.35. The molecular formula is C30H34N2O2. The molecule has 0 spiro atoms. The zero-order valence-electron chi connectivity index (χ0n) is 20.2. The number of ether oxygens (including phenoxy) is 2. The number of hydrogen-bond donors (Lipinski definition) is 0. The molecule has 1 fully saturated rings. The predicted molar refractivity (Wildman–Crippen MR) is 139 cm³/mol. The number of aryl methyl sites for hydroxylation is 1. The summed E-state index contributed by atoms with van der Waals surface area (Å²) in [4.78, 5) is 5.25. The van der Waals surface area contributed by atoms with Crippen LogP contribution in [0.1, 0.15) is 34.7 Å². The third-order valence-electron chi connectivity index (χ3n) is 7.15. The van der Waals surface area contributed by atoms with E-state index in [0.29, 0.717) is 6.04 Å². The Morgan fingerprint density at radius 2 is 1.32 bits per heavy atom. The molecule has 5 rings (SSSR count). The first-order chi connectivity index (χ1) is 16.7. The third kappa shape index (κ3) is 4.89. The molecule has 1 saturated heterocycles. The van der Waals surface area contributed by atoms with Crippen LogP contribution in [0.2, 0.25) is 0 Å². The van der Waals surface area contributed by atoms with E-state index in [1.54, 1.807) is 14.2 Å². The highest BCUT2D eigenvalue weighted by molar-refractivity contribution is 5.64. The second-order valence-electron chi connectivity index (χ2n) is 9.24. The first-order valence-electron chi connectivity index (χ1n) is 12.3. The maximum absolute atomic E-state index is 5.52. The summed E-state index contributed by atoms with van der Waals surface area (Å²) in [6.07, 6.45) is 4.54. The van der Waals surface area contributed by atoms with Crippen LogP contribution in [-0.4, -0.2) is 56.7 Å². The quantitative estimate of drug-likeness (QED) is 0.475. The summed E-state index contributed by atoms with van der Waals surface area (Å²) in [7, 11) is 3.41. The van der Waals surface area contributed by atoms with Crippen molar-refractivity contribution < 1.29 is 9.47 Å². The van der Waals surface area contributed by atoms with Crippen LogP contribution in [0.5, 0.6) is 11.5 Å². The van der Waals surface area contributed by atoms with Gasteiger partial charge in [-0.1, -0.05) is 72.3 Å². The van der Waals surface area contributed by atoms with Crippen molar-refractivity contribution in [2.45, 2.75) is 18.9 Å². The zero-order chi connectivity index (χ0) is 23.3. The zero-order valence-corrected chi connectivity index (χ0v) is 20.2. The fourth-order valence-corrected chi connectivity index (χ4v) is 5.35. The van der Waals surface area contributed by atoms with Gasteiger partial charge in [0.25, 0.3) is 0 Å². The number of hydrogen-bond acceptors (Lipinski definition) is 4. The predicted octanol–water partition coefficient (Wildman–Crippen LogP) is 5.44. The summed E-state index contributed by atoms with van der Waals surface area (Å²) in [6.45, 7) is 5.37. The fourth-order valence-electron chi connectivity index (χ4n) is 5.35. The summed E-state index contributed by atoms with van der Waals surface area (Å²) in [5.74, 6) is 1.63.